The normalized spacial score (nSPS) is 15.8. The third kappa shape index (κ3) is 10.1. The second-order valence-electron chi connectivity index (χ2n) is 13.6. The predicted molar refractivity (Wildman–Crippen MR) is 175 cm³/mol. The first-order chi connectivity index (χ1) is 26.0. The van der Waals surface area contributed by atoms with Gasteiger partial charge in [0.1, 0.15) is 31.2 Å². The third-order valence-electron chi connectivity index (χ3n) is 9.19. The minimum absolute atomic E-state index is 0.0663. The average molecular weight is 897 g/mol. The number of benzene rings is 1. The molecular formula is C34H41F17O6Si. The molecule has 6 nitrogen and oxygen atoms in total. The van der Waals surface area contributed by atoms with Crippen LogP contribution in [0.3, 0.4) is 0 Å². The number of carbonyl (C=O) groups excluding carboxylic acids is 1. The molecule has 0 aromatic heterocycles. The van der Waals surface area contributed by atoms with E-state index in [4.69, 9.17) is 18.6 Å². The van der Waals surface area contributed by atoms with E-state index >= 15 is 0 Å². The van der Waals surface area contributed by atoms with Crippen molar-refractivity contribution >= 4 is 14.3 Å². The number of methoxy groups -OCH3 is 1. The highest BCUT2D eigenvalue weighted by Gasteiger charge is 2.95. The highest BCUT2D eigenvalue weighted by atomic mass is 28.4. The molecule has 58 heavy (non-hydrogen) atoms. The summed E-state index contributed by atoms with van der Waals surface area (Å²) in [7, 11) is -2.71. The van der Waals surface area contributed by atoms with Crippen molar-refractivity contribution in [1.29, 1.82) is 0 Å². The summed E-state index contributed by atoms with van der Waals surface area (Å²) in [5.74, 6) is -57.4. The number of hydrogen-bond donors (Lipinski definition) is 1. The number of alkyl halides is 17. The summed E-state index contributed by atoms with van der Waals surface area (Å²) < 4.78 is 256. The maximum absolute atomic E-state index is 14.9. The van der Waals surface area contributed by atoms with Crippen molar-refractivity contribution < 1.29 is 103 Å². The molecule has 2 atom stereocenters. The van der Waals surface area contributed by atoms with Gasteiger partial charge in [0.05, 0.1) is 6.61 Å². The largest absolute Gasteiger partial charge is 0.491 e. The topological polar surface area (TPSA) is 74.2 Å². The van der Waals surface area contributed by atoms with Gasteiger partial charge in [-0.25, -0.2) is 4.79 Å². The molecular weight excluding hydrogens is 855 g/mol. The van der Waals surface area contributed by atoms with Gasteiger partial charge in [-0.3, -0.25) is 0 Å². The Bertz CT molecular complexity index is 1540. The number of aliphatic hydroxyl groups excluding tert-OH is 1. The van der Waals surface area contributed by atoms with E-state index in [9.17, 15) is 84.5 Å². The molecule has 24 heteroatoms. The molecule has 0 amide bonds. The fourth-order valence-electron chi connectivity index (χ4n) is 5.70. The number of ether oxygens (including phenoxy) is 3. The second kappa shape index (κ2) is 18.6. The highest BCUT2D eigenvalue weighted by molar-refractivity contribution is 6.76. The first-order valence-corrected chi connectivity index (χ1v) is 19.0. The standard InChI is InChI=1S/C34H41F17O6Si/c1-8-14-56-24(52)18-21(6)26(54-7)25(53)22-9-11-23(12-10-22)55-15-16-57-58(19(2)3,20(4)5)17-13-27(35,36)28(37,38)29(39,40)30(41,42)31(43,44)32(45,46)33(47,48)34(49,50)51/h8-12,18-20,25-26,53H,1,13-17H2,2-7H3/b21-18+/t25-,26-/m1/s1. The number of esters is 1. The highest BCUT2D eigenvalue weighted by Crippen LogP contribution is 2.64. The molecule has 0 saturated carbocycles. The number of carbonyl (C=O) groups is 1. The fourth-order valence-corrected chi connectivity index (χ4v) is 10.2. The van der Waals surface area contributed by atoms with Gasteiger partial charge >= 0.3 is 53.6 Å². The Morgan fingerprint density at radius 3 is 1.60 bits per heavy atom. The van der Waals surface area contributed by atoms with Gasteiger partial charge < -0.3 is 23.7 Å². The van der Waals surface area contributed by atoms with Crippen LogP contribution in [0.4, 0.5) is 74.6 Å². The van der Waals surface area contributed by atoms with Gasteiger partial charge in [-0.1, -0.05) is 52.5 Å². The van der Waals surface area contributed by atoms with Gasteiger partial charge in [0.2, 0.25) is 0 Å². The summed E-state index contributed by atoms with van der Waals surface area (Å²) in [6, 6.07) is 4.15. The van der Waals surface area contributed by atoms with E-state index in [2.05, 4.69) is 6.58 Å². The number of rotatable bonds is 23. The van der Waals surface area contributed by atoms with Crippen LogP contribution in [-0.2, 0) is 18.7 Å². The van der Waals surface area contributed by atoms with Crippen molar-refractivity contribution in [2.75, 3.05) is 26.9 Å². The Hall–Kier alpha value is -3.12. The third-order valence-corrected chi connectivity index (χ3v) is 14.9. The molecule has 0 radical (unpaired) electrons. The Morgan fingerprint density at radius 1 is 0.741 bits per heavy atom. The molecule has 0 saturated heterocycles. The SMILES string of the molecule is C=CCOC(=O)/C=C(\C)[C@@H](OC)[C@H](O)c1ccc(OCCO[Si](CCC(F)(F)C(F)(F)C(F)(F)C(F)(F)C(F)(F)C(F)(F)C(F)(F)C(F)(F)F)(C(C)C)C(C)C)cc1. The Balaban J connectivity index is 3.24. The van der Waals surface area contributed by atoms with Crippen molar-refractivity contribution in [3.8, 4) is 5.75 Å². The van der Waals surface area contributed by atoms with Crippen LogP contribution in [0.5, 0.6) is 5.75 Å². The Morgan fingerprint density at radius 2 is 1.19 bits per heavy atom. The first kappa shape index (κ1) is 52.9. The predicted octanol–water partition coefficient (Wildman–Crippen LogP) is 11.0. The van der Waals surface area contributed by atoms with E-state index in [1.54, 1.807) is 0 Å². The molecule has 0 fully saturated rings. The van der Waals surface area contributed by atoms with Gasteiger partial charge in [0.25, 0.3) is 0 Å². The minimum atomic E-state index is -8.69. The summed E-state index contributed by atoms with van der Waals surface area (Å²) >= 11 is 0. The summed E-state index contributed by atoms with van der Waals surface area (Å²) in [6.07, 6.45) is -10.3. The minimum Gasteiger partial charge on any atom is -0.491 e. The maximum atomic E-state index is 14.9. The molecule has 1 aromatic carbocycles. The summed E-state index contributed by atoms with van der Waals surface area (Å²) in [6.45, 7) is 9.16. The lowest BCUT2D eigenvalue weighted by atomic mass is 9.88. The molecule has 0 aliphatic carbocycles. The lowest BCUT2D eigenvalue weighted by molar-refractivity contribution is -0.461. The monoisotopic (exact) mass is 896 g/mol. The van der Waals surface area contributed by atoms with Crippen LogP contribution < -0.4 is 4.74 Å². The van der Waals surface area contributed by atoms with E-state index in [1.165, 1.54) is 72.1 Å². The lowest BCUT2D eigenvalue weighted by Gasteiger charge is -2.44. The Kier molecular flexibility index (Phi) is 17.0. The van der Waals surface area contributed by atoms with Crippen LogP contribution in [-0.4, -0.2) is 100 Å². The van der Waals surface area contributed by atoms with E-state index in [-0.39, 0.29) is 23.5 Å². The van der Waals surface area contributed by atoms with Crippen molar-refractivity contribution in [2.24, 2.45) is 0 Å². The Labute approximate surface area is 322 Å². The van der Waals surface area contributed by atoms with E-state index < -0.39 is 111 Å². The molecule has 336 valence electrons. The average Bonchev–Trinajstić information content (AvgIpc) is 3.09. The molecule has 0 aliphatic heterocycles. The smallest absolute Gasteiger partial charge is 0.460 e. The van der Waals surface area contributed by atoms with E-state index in [0.29, 0.717) is 0 Å². The van der Waals surface area contributed by atoms with E-state index in [0.717, 1.165) is 6.08 Å². The number of aliphatic hydroxyl groups is 1. The lowest BCUT2D eigenvalue weighted by Crippen LogP contribution is -2.74. The van der Waals surface area contributed by atoms with Crippen LogP contribution in [0.25, 0.3) is 0 Å². The zero-order valence-electron chi connectivity index (χ0n) is 31.4. The van der Waals surface area contributed by atoms with Gasteiger partial charge in [-0.2, -0.15) is 74.6 Å². The molecule has 1 aromatic rings. The van der Waals surface area contributed by atoms with E-state index in [1.807, 2.05) is 0 Å². The number of halogens is 17. The molecule has 0 spiro atoms. The van der Waals surface area contributed by atoms with Gasteiger partial charge in [-0.15, -0.1) is 0 Å². The van der Waals surface area contributed by atoms with Crippen molar-refractivity contribution in [2.45, 2.75) is 118 Å². The van der Waals surface area contributed by atoms with Crippen LogP contribution >= 0.6 is 0 Å². The molecule has 1 rings (SSSR count). The second-order valence-corrected chi connectivity index (χ2v) is 18.6. The van der Waals surface area contributed by atoms with Crippen molar-refractivity contribution in [1.82, 2.24) is 0 Å². The molecule has 0 unspecified atom stereocenters. The van der Waals surface area contributed by atoms with Crippen LogP contribution in [0, 0.1) is 0 Å². The van der Waals surface area contributed by atoms with Crippen molar-refractivity contribution in [3.05, 3.63) is 54.1 Å². The molecule has 0 heterocycles. The van der Waals surface area contributed by atoms with Crippen LogP contribution in [0.1, 0.15) is 52.7 Å². The van der Waals surface area contributed by atoms with Crippen LogP contribution in [0.15, 0.2) is 48.6 Å². The van der Waals surface area contributed by atoms with Gasteiger partial charge in [0.15, 0.2) is 8.32 Å². The van der Waals surface area contributed by atoms with Gasteiger partial charge in [-0.05, 0) is 47.3 Å². The summed E-state index contributed by atoms with van der Waals surface area (Å²) in [5, 5.41) is 10.8. The quantitative estimate of drug-likeness (QED) is 0.0295. The molecule has 1 N–H and O–H groups in total. The first-order valence-electron chi connectivity index (χ1n) is 16.8. The summed E-state index contributed by atoms with van der Waals surface area (Å²) in [4.78, 5) is 11.9. The van der Waals surface area contributed by atoms with Gasteiger partial charge in [0, 0.05) is 19.6 Å². The fraction of sp³-hybridized carbons (Fsp3) is 0.676. The molecule has 0 bridgehead atoms. The summed E-state index contributed by atoms with van der Waals surface area (Å²) in [5.41, 5.74) is -1.19. The van der Waals surface area contributed by atoms with Crippen molar-refractivity contribution in [3.63, 3.8) is 0 Å². The zero-order chi connectivity index (χ0) is 45.7. The maximum Gasteiger partial charge on any atom is 0.460 e. The van der Waals surface area contributed by atoms with Crippen LogP contribution in [0.2, 0.25) is 17.1 Å². The number of hydrogen-bond acceptors (Lipinski definition) is 6. The molecule has 0 aliphatic rings. The zero-order valence-corrected chi connectivity index (χ0v) is 32.4.